The fraction of sp³-hybridized carbons (Fsp3) is 0. The number of nitro benzene ring substituents is 1. The van der Waals surface area contributed by atoms with Crippen LogP contribution >= 0.6 is 11.6 Å². The maximum absolute atomic E-state index is 13.3. The van der Waals surface area contributed by atoms with Crippen molar-refractivity contribution in [3.63, 3.8) is 0 Å². The fourth-order valence-corrected chi connectivity index (χ4v) is 5.48. The summed E-state index contributed by atoms with van der Waals surface area (Å²) >= 11 is 6.12. The number of fused-ring (bicyclic) bond motifs is 1. The second kappa shape index (κ2) is 10.4. The third-order valence-electron chi connectivity index (χ3n) is 5.77. The van der Waals surface area contributed by atoms with Crippen molar-refractivity contribution < 1.29 is 13.3 Å². The van der Waals surface area contributed by atoms with Crippen molar-refractivity contribution in [3.05, 3.63) is 118 Å². The molecule has 0 radical (unpaired) electrons. The lowest BCUT2D eigenvalue weighted by Crippen LogP contribution is -2.15. The number of benzene rings is 4. The molecule has 0 aliphatic carbocycles. The van der Waals surface area contributed by atoms with Crippen LogP contribution in [-0.2, 0) is 10.0 Å². The topological polar surface area (TPSA) is 129 Å². The van der Waals surface area contributed by atoms with Gasteiger partial charge in [-0.25, -0.2) is 8.42 Å². The van der Waals surface area contributed by atoms with Gasteiger partial charge in [0.05, 0.1) is 33.2 Å². The van der Waals surface area contributed by atoms with Gasteiger partial charge in [-0.3, -0.25) is 20.3 Å². The van der Waals surface area contributed by atoms with Gasteiger partial charge in [-0.05, 0) is 29.8 Å². The van der Waals surface area contributed by atoms with Crippen LogP contribution in [0.15, 0.2) is 107 Å². The van der Waals surface area contributed by atoms with Crippen LogP contribution in [-0.4, -0.2) is 24.5 Å². The Hall–Kier alpha value is -4.67. The number of aromatic nitrogens is 1. The van der Waals surface area contributed by atoms with Gasteiger partial charge in [0.25, 0.3) is 15.7 Å². The van der Waals surface area contributed by atoms with E-state index in [2.05, 4.69) is 20.2 Å². The van der Waals surface area contributed by atoms with Crippen molar-refractivity contribution in [1.29, 1.82) is 0 Å². The van der Waals surface area contributed by atoms with Crippen LogP contribution in [0, 0.1) is 10.1 Å². The van der Waals surface area contributed by atoms with Crippen LogP contribution in [0.3, 0.4) is 0 Å². The number of nitro groups is 1. The minimum Gasteiger partial charge on any atom is -0.354 e. The predicted octanol–water partition coefficient (Wildman–Crippen LogP) is 6.64. The summed E-state index contributed by atoms with van der Waals surface area (Å²) in [6.45, 7) is 0. The van der Waals surface area contributed by atoms with E-state index in [1.807, 2.05) is 54.6 Å². The molecular weight excluding hydrogens is 526 g/mol. The number of hydrogen-bond donors (Lipinski definition) is 3. The number of hydrazone groups is 1. The number of H-pyrrole nitrogens is 1. The molecular formula is C27H20ClN5O4S. The predicted molar refractivity (Wildman–Crippen MR) is 150 cm³/mol. The molecule has 0 saturated carbocycles. The van der Waals surface area contributed by atoms with Crippen molar-refractivity contribution in [1.82, 2.24) is 4.98 Å². The molecule has 0 unspecified atom stereocenters. The molecule has 0 bridgehead atoms. The Labute approximate surface area is 223 Å². The van der Waals surface area contributed by atoms with Gasteiger partial charge < -0.3 is 4.98 Å². The summed E-state index contributed by atoms with van der Waals surface area (Å²) in [5.41, 5.74) is 6.05. The molecule has 0 fully saturated rings. The summed E-state index contributed by atoms with van der Waals surface area (Å²) in [6, 6.07) is 27.2. The number of aromatic amines is 1. The molecule has 0 atom stereocenters. The molecule has 0 aliphatic rings. The van der Waals surface area contributed by atoms with Crippen molar-refractivity contribution in [2.45, 2.75) is 4.90 Å². The maximum Gasteiger partial charge on any atom is 0.270 e. The van der Waals surface area contributed by atoms with Gasteiger partial charge in [0, 0.05) is 28.6 Å². The van der Waals surface area contributed by atoms with Crippen LogP contribution < -0.4 is 10.1 Å². The molecule has 11 heteroatoms. The number of nitrogens with zero attached hydrogens (tertiary/aromatic N) is 2. The molecule has 190 valence electrons. The monoisotopic (exact) mass is 545 g/mol. The number of para-hydroxylation sites is 2. The van der Waals surface area contributed by atoms with Gasteiger partial charge in [-0.1, -0.05) is 72.3 Å². The Morgan fingerprint density at radius 3 is 2.37 bits per heavy atom. The highest BCUT2D eigenvalue weighted by atomic mass is 35.5. The van der Waals surface area contributed by atoms with E-state index in [-0.39, 0.29) is 27.0 Å². The molecule has 5 aromatic rings. The first-order valence-corrected chi connectivity index (χ1v) is 13.2. The van der Waals surface area contributed by atoms with Crippen LogP contribution in [0.4, 0.5) is 17.1 Å². The van der Waals surface area contributed by atoms with Crippen molar-refractivity contribution in [2.75, 3.05) is 10.1 Å². The highest BCUT2D eigenvalue weighted by Gasteiger charge is 2.23. The van der Waals surface area contributed by atoms with Gasteiger partial charge in [-0.15, -0.1) is 0 Å². The van der Waals surface area contributed by atoms with Crippen LogP contribution in [0.5, 0.6) is 0 Å². The molecule has 4 aromatic carbocycles. The van der Waals surface area contributed by atoms with E-state index in [1.165, 1.54) is 24.3 Å². The summed E-state index contributed by atoms with van der Waals surface area (Å²) in [6.07, 6.45) is 1.58. The Balaban J connectivity index is 1.53. The summed E-state index contributed by atoms with van der Waals surface area (Å²) in [5, 5.41) is 16.8. The van der Waals surface area contributed by atoms with E-state index in [1.54, 1.807) is 18.3 Å². The summed E-state index contributed by atoms with van der Waals surface area (Å²) < 4.78 is 28.9. The minimum absolute atomic E-state index is 0.0486. The first-order chi connectivity index (χ1) is 18.3. The lowest BCUT2D eigenvalue weighted by Gasteiger charge is -2.13. The van der Waals surface area contributed by atoms with Crippen molar-refractivity contribution in [3.8, 4) is 11.3 Å². The molecule has 1 aromatic heterocycles. The smallest absolute Gasteiger partial charge is 0.270 e. The quantitative estimate of drug-likeness (QED) is 0.114. The van der Waals surface area contributed by atoms with E-state index >= 15 is 0 Å². The van der Waals surface area contributed by atoms with Gasteiger partial charge in [0.2, 0.25) is 0 Å². The second-order valence-electron chi connectivity index (χ2n) is 8.22. The molecule has 0 saturated heterocycles. The first-order valence-electron chi connectivity index (χ1n) is 11.3. The minimum atomic E-state index is -4.27. The molecule has 38 heavy (non-hydrogen) atoms. The van der Waals surface area contributed by atoms with Crippen LogP contribution in [0.25, 0.3) is 22.2 Å². The molecule has 1 heterocycles. The Bertz CT molecular complexity index is 1790. The first kappa shape index (κ1) is 25.0. The average molecular weight is 546 g/mol. The van der Waals surface area contributed by atoms with Crippen molar-refractivity contribution in [2.24, 2.45) is 5.10 Å². The molecule has 3 N–H and O–H groups in total. The van der Waals surface area contributed by atoms with Gasteiger partial charge >= 0.3 is 0 Å². The van der Waals surface area contributed by atoms with E-state index in [0.29, 0.717) is 0 Å². The van der Waals surface area contributed by atoms with E-state index in [4.69, 9.17) is 11.6 Å². The van der Waals surface area contributed by atoms with E-state index in [9.17, 15) is 18.5 Å². The van der Waals surface area contributed by atoms with Gasteiger partial charge in [-0.2, -0.15) is 5.10 Å². The number of nitrogens with one attached hydrogen (secondary N) is 3. The zero-order valence-electron chi connectivity index (χ0n) is 19.6. The third kappa shape index (κ3) is 5.08. The maximum atomic E-state index is 13.3. The highest BCUT2D eigenvalue weighted by molar-refractivity contribution is 7.93. The number of sulfonamides is 1. The number of rotatable bonds is 8. The molecule has 0 amide bonds. The largest absolute Gasteiger partial charge is 0.354 e. The lowest BCUT2D eigenvalue weighted by molar-refractivity contribution is -0.385. The number of hydrogen-bond acceptors (Lipinski definition) is 6. The zero-order chi connectivity index (χ0) is 26.7. The van der Waals surface area contributed by atoms with Crippen LogP contribution in [0.1, 0.15) is 5.56 Å². The number of halogens is 1. The number of anilines is 2. The standard InChI is InChI=1S/C27H20ClN5O4S/c28-22-11-5-7-13-24(22)32-38(36,37)26-16-19(33(34)35)14-15-25(26)31-29-17-21-20-10-4-6-12-23(20)30-27(21)18-8-2-1-3-9-18/h1-17,30-32H/b29-17+. The Morgan fingerprint density at radius 2 is 1.61 bits per heavy atom. The third-order valence-corrected chi connectivity index (χ3v) is 7.51. The SMILES string of the molecule is O=[N+]([O-])c1ccc(N/N=C/c2c(-c3ccccc3)[nH]c3ccccc23)c(S(=O)(=O)Nc2ccccc2Cl)c1. The Morgan fingerprint density at radius 1 is 0.895 bits per heavy atom. The highest BCUT2D eigenvalue weighted by Crippen LogP contribution is 2.31. The Kier molecular flexibility index (Phi) is 6.82. The zero-order valence-corrected chi connectivity index (χ0v) is 21.2. The summed E-state index contributed by atoms with van der Waals surface area (Å²) in [5.74, 6) is 0. The second-order valence-corrected chi connectivity index (χ2v) is 10.3. The molecule has 9 nitrogen and oxygen atoms in total. The normalized spacial score (nSPS) is 11.6. The van der Waals surface area contributed by atoms with Gasteiger partial charge in [0.15, 0.2) is 0 Å². The molecule has 0 spiro atoms. The molecule has 5 rings (SSSR count). The van der Waals surface area contributed by atoms with Crippen molar-refractivity contribution >= 4 is 55.8 Å². The summed E-state index contributed by atoms with van der Waals surface area (Å²) in [4.78, 5) is 13.8. The summed E-state index contributed by atoms with van der Waals surface area (Å²) in [7, 11) is -4.27. The van der Waals surface area contributed by atoms with E-state index in [0.717, 1.165) is 33.8 Å². The molecule has 0 aliphatic heterocycles. The number of non-ortho nitro benzene ring substituents is 1. The average Bonchev–Trinajstić information content (AvgIpc) is 3.29. The van der Waals surface area contributed by atoms with Crippen LogP contribution in [0.2, 0.25) is 5.02 Å². The van der Waals surface area contributed by atoms with E-state index < -0.39 is 14.9 Å². The van der Waals surface area contributed by atoms with Gasteiger partial charge in [0.1, 0.15) is 4.90 Å². The lowest BCUT2D eigenvalue weighted by atomic mass is 10.1. The fourth-order valence-electron chi connectivity index (χ4n) is 3.98.